The molecule has 0 aromatic carbocycles. The number of hydrogen-bond acceptors (Lipinski definition) is 2. The zero-order valence-electron chi connectivity index (χ0n) is 7.94. The summed E-state index contributed by atoms with van der Waals surface area (Å²) in [7, 11) is 0. The molecule has 0 radical (unpaired) electrons. The number of carbonyl (C=O) groups is 1. The molecule has 1 aliphatic rings. The molecule has 3 unspecified atom stereocenters. The van der Waals surface area contributed by atoms with Crippen LogP contribution in [0.25, 0.3) is 0 Å². The molecule has 0 aromatic heterocycles. The molecule has 0 spiro atoms. The highest BCUT2D eigenvalue weighted by Gasteiger charge is 2.30. The maximum atomic E-state index is 10.8. The summed E-state index contributed by atoms with van der Waals surface area (Å²) in [5.41, 5.74) is 5.07. The number of aliphatic hydroxyl groups is 1. The Morgan fingerprint density at radius 1 is 1.77 bits per heavy atom. The summed E-state index contributed by atoms with van der Waals surface area (Å²) < 4.78 is 0. The second-order valence-electron chi connectivity index (χ2n) is 3.59. The highest BCUT2D eigenvalue weighted by atomic mass is 16.3. The van der Waals surface area contributed by atoms with Crippen LogP contribution in [0.2, 0.25) is 0 Å². The minimum Gasteiger partial charge on any atom is -0.383 e. The fourth-order valence-corrected chi connectivity index (χ4v) is 1.96. The predicted molar refractivity (Wildman–Crippen MR) is 50.8 cm³/mol. The monoisotopic (exact) mass is 183 g/mol. The summed E-state index contributed by atoms with van der Waals surface area (Å²) in [5.74, 6) is -0.275. The van der Waals surface area contributed by atoms with Crippen molar-refractivity contribution in [2.24, 2.45) is 17.6 Å². The Bertz CT molecular complexity index is 213. The van der Waals surface area contributed by atoms with E-state index in [0.29, 0.717) is 5.92 Å². The Balaban J connectivity index is 2.66. The maximum absolute atomic E-state index is 10.8. The van der Waals surface area contributed by atoms with Crippen LogP contribution in [0.4, 0.5) is 0 Å². The van der Waals surface area contributed by atoms with E-state index in [-0.39, 0.29) is 5.92 Å². The summed E-state index contributed by atoms with van der Waals surface area (Å²) >= 11 is 0. The van der Waals surface area contributed by atoms with Gasteiger partial charge in [0.1, 0.15) is 6.10 Å². The van der Waals surface area contributed by atoms with Crippen molar-refractivity contribution < 1.29 is 9.90 Å². The Kier molecular flexibility index (Phi) is 3.48. The summed E-state index contributed by atoms with van der Waals surface area (Å²) in [4.78, 5) is 10.8. The Morgan fingerprint density at radius 2 is 2.46 bits per heavy atom. The van der Waals surface area contributed by atoms with Crippen LogP contribution in [0.3, 0.4) is 0 Å². The van der Waals surface area contributed by atoms with E-state index in [1.165, 1.54) is 0 Å². The van der Waals surface area contributed by atoms with Crippen LogP contribution in [0, 0.1) is 11.8 Å². The minimum absolute atomic E-state index is 0.0208. The predicted octanol–water partition coefficient (Wildman–Crippen LogP) is 0.825. The quantitative estimate of drug-likeness (QED) is 0.636. The molecule has 3 atom stereocenters. The van der Waals surface area contributed by atoms with Gasteiger partial charge in [-0.2, -0.15) is 0 Å². The molecule has 0 fully saturated rings. The summed E-state index contributed by atoms with van der Waals surface area (Å²) in [6, 6.07) is 0. The van der Waals surface area contributed by atoms with Crippen molar-refractivity contribution in [2.45, 2.75) is 32.3 Å². The van der Waals surface area contributed by atoms with Crippen molar-refractivity contribution in [3.8, 4) is 0 Å². The summed E-state index contributed by atoms with van der Waals surface area (Å²) in [6.07, 6.45) is 5.96. The normalized spacial score (nSPS) is 30.0. The fraction of sp³-hybridized carbons (Fsp3) is 0.700. The number of allylic oxidation sites excluding steroid dienone is 2. The van der Waals surface area contributed by atoms with E-state index in [0.717, 1.165) is 19.3 Å². The molecule has 13 heavy (non-hydrogen) atoms. The lowest BCUT2D eigenvalue weighted by atomic mass is 9.79. The van der Waals surface area contributed by atoms with E-state index in [1.807, 2.05) is 0 Å². The van der Waals surface area contributed by atoms with Crippen molar-refractivity contribution in [1.82, 2.24) is 0 Å². The zero-order chi connectivity index (χ0) is 9.84. The highest BCUT2D eigenvalue weighted by molar-refractivity contribution is 5.78. The van der Waals surface area contributed by atoms with E-state index in [2.05, 4.69) is 19.1 Å². The van der Waals surface area contributed by atoms with Gasteiger partial charge in [-0.05, 0) is 25.2 Å². The first-order chi connectivity index (χ1) is 6.16. The van der Waals surface area contributed by atoms with Crippen LogP contribution in [0.5, 0.6) is 0 Å². The van der Waals surface area contributed by atoms with E-state index in [4.69, 9.17) is 5.73 Å². The number of hydrogen-bond donors (Lipinski definition) is 2. The van der Waals surface area contributed by atoms with Crippen LogP contribution in [-0.2, 0) is 4.79 Å². The van der Waals surface area contributed by atoms with Crippen molar-refractivity contribution >= 4 is 5.91 Å². The summed E-state index contributed by atoms with van der Waals surface area (Å²) in [5, 5.41) is 9.54. The van der Waals surface area contributed by atoms with Gasteiger partial charge < -0.3 is 10.8 Å². The number of primary amides is 1. The lowest BCUT2D eigenvalue weighted by Crippen LogP contribution is -2.39. The lowest BCUT2D eigenvalue weighted by Gasteiger charge is -2.29. The molecule has 0 saturated carbocycles. The minimum atomic E-state index is -0.977. The Hall–Kier alpha value is -0.830. The third-order valence-corrected chi connectivity index (χ3v) is 2.77. The second kappa shape index (κ2) is 4.42. The van der Waals surface area contributed by atoms with Crippen molar-refractivity contribution in [1.29, 1.82) is 0 Å². The van der Waals surface area contributed by atoms with E-state index >= 15 is 0 Å². The van der Waals surface area contributed by atoms with E-state index in [1.54, 1.807) is 0 Å². The fourth-order valence-electron chi connectivity index (χ4n) is 1.96. The van der Waals surface area contributed by atoms with Crippen LogP contribution < -0.4 is 5.73 Å². The summed E-state index contributed by atoms with van der Waals surface area (Å²) in [6.45, 7) is 2.06. The molecule has 0 bridgehead atoms. The second-order valence-corrected chi connectivity index (χ2v) is 3.59. The van der Waals surface area contributed by atoms with Crippen LogP contribution in [0.1, 0.15) is 26.2 Å². The number of nitrogens with two attached hydrogens (primary N) is 1. The van der Waals surface area contributed by atoms with Crippen LogP contribution >= 0.6 is 0 Å². The van der Waals surface area contributed by atoms with Gasteiger partial charge in [-0.15, -0.1) is 0 Å². The molecule has 1 aliphatic carbocycles. The molecule has 3 heteroatoms. The molecular formula is C10H17NO2. The third-order valence-electron chi connectivity index (χ3n) is 2.77. The van der Waals surface area contributed by atoms with Gasteiger partial charge in [-0.25, -0.2) is 0 Å². The first-order valence-electron chi connectivity index (χ1n) is 4.80. The van der Waals surface area contributed by atoms with Gasteiger partial charge in [0.15, 0.2) is 0 Å². The van der Waals surface area contributed by atoms with Gasteiger partial charge in [0.25, 0.3) is 0 Å². The van der Waals surface area contributed by atoms with Gasteiger partial charge in [-0.3, -0.25) is 4.79 Å². The lowest BCUT2D eigenvalue weighted by molar-refractivity contribution is -0.129. The maximum Gasteiger partial charge on any atom is 0.246 e. The largest absolute Gasteiger partial charge is 0.383 e. The number of aliphatic hydroxyl groups excluding tert-OH is 1. The van der Waals surface area contributed by atoms with Crippen molar-refractivity contribution in [3.63, 3.8) is 0 Å². The average molecular weight is 183 g/mol. The van der Waals surface area contributed by atoms with Gasteiger partial charge in [0, 0.05) is 5.92 Å². The zero-order valence-corrected chi connectivity index (χ0v) is 7.94. The molecule has 0 saturated heterocycles. The molecule has 0 aromatic rings. The average Bonchev–Trinajstić information content (AvgIpc) is 2.16. The SMILES string of the molecule is CCC1C=CCCC1C(O)C(N)=O. The molecule has 0 aliphatic heterocycles. The van der Waals surface area contributed by atoms with Gasteiger partial charge in [0.2, 0.25) is 5.91 Å². The van der Waals surface area contributed by atoms with Gasteiger partial charge in [0.05, 0.1) is 0 Å². The topological polar surface area (TPSA) is 63.3 Å². The van der Waals surface area contributed by atoms with Crippen LogP contribution in [0.15, 0.2) is 12.2 Å². The molecule has 1 amide bonds. The van der Waals surface area contributed by atoms with Gasteiger partial charge in [-0.1, -0.05) is 19.1 Å². The number of amides is 1. The first-order valence-corrected chi connectivity index (χ1v) is 4.80. The van der Waals surface area contributed by atoms with Crippen molar-refractivity contribution in [3.05, 3.63) is 12.2 Å². The number of rotatable bonds is 3. The Labute approximate surface area is 78.6 Å². The smallest absolute Gasteiger partial charge is 0.246 e. The van der Waals surface area contributed by atoms with E-state index in [9.17, 15) is 9.90 Å². The standard InChI is InChI=1S/C10H17NO2/c1-2-7-5-3-4-6-8(7)9(12)10(11)13/h3,5,7-9,12H,2,4,6H2,1H3,(H2,11,13). The molecule has 3 N–H and O–H groups in total. The van der Waals surface area contributed by atoms with Gasteiger partial charge >= 0.3 is 0 Å². The number of carbonyl (C=O) groups excluding carboxylic acids is 1. The van der Waals surface area contributed by atoms with Crippen molar-refractivity contribution in [2.75, 3.05) is 0 Å². The van der Waals surface area contributed by atoms with Crippen LogP contribution in [-0.4, -0.2) is 17.1 Å². The molecule has 3 nitrogen and oxygen atoms in total. The third kappa shape index (κ3) is 2.31. The molecular weight excluding hydrogens is 166 g/mol. The van der Waals surface area contributed by atoms with E-state index < -0.39 is 12.0 Å². The first kappa shape index (κ1) is 10.3. The molecule has 74 valence electrons. The molecule has 1 rings (SSSR count). The highest BCUT2D eigenvalue weighted by Crippen LogP contribution is 2.29. The Morgan fingerprint density at radius 3 is 3.00 bits per heavy atom. The molecule has 0 heterocycles.